The average Bonchev–Trinajstić information content (AvgIpc) is 3.75. The number of aryl methyl sites for hydroxylation is 2. The number of nitrogens with zero attached hydrogens (tertiary/aromatic N) is 2. The molecule has 10 rings (SSSR count). The zero-order valence-corrected chi connectivity index (χ0v) is 29.5. The first-order valence-corrected chi connectivity index (χ1v) is 18.6. The maximum absolute atomic E-state index is 6.45. The first-order valence-electron chi connectivity index (χ1n) is 18.6. The highest BCUT2D eigenvalue weighted by atomic mass is 16.3. The highest BCUT2D eigenvalue weighted by molar-refractivity contribution is 6.73. The Balaban J connectivity index is 1.18. The zero-order chi connectivity index (χ0) is 34.8. The maximum atomic E-state index is 6.45. The summed E-state index contributed by atoms with van der Waals surface area (Å²) in [5.74, 6) is 0.648. The molecule has 0 saturated carbocycles. The Hall–Kier alpha value is -6.07. The van der Waals surface area contributed by atoms with Crippen molar-refractivity contribution in [2.75, 3.05) is 5.32 Å². The van der Waals surface area contributed by atoms with E-state index in [9.17, 15) is 0 Å². The van der Waals surface area contributed by atoms with Crippen LogP contribution >= 0.6 is 0 Å². The number of hydrogen-bond donors (Lipinski definition) is 1. The number of nitrogens with one attached hydrogen (secondary N) is 1. The lowest BCUT2D eigenvalue weighted by Crippen LogP contribution is -2.37. The minimum Gasteiger partial charge on any atom is -0.436 e. The molecule has 0 aliphatic carbocycles. The smallest absolute Gasteiger partial charge is 0.227 e. The number of fused-ring (bicyclic) bond motifs is 7. The molecule has 0 radical (unpaired) electrons. The summed E-state index contributed by atoms with van der Waals surface area (Å²) in [6.45, 7) is 4.53. The fraction of sp³-hybridized carbons (Fsp3) is 0.128. The van der Waals surface area contributed by atoms with Crippen LogP contribution in [0.15, 0.2) is 138 Å². The minimum absolute atomic E-state index is 0.648. The molecule has 3 heterocycles. The van der Waals surface area contributed by atoms with Crippen LogP contribution in [-0.4, -0.2) is 16.8 Å². The van der Waals surface area contributed by atoms with Gasteiger partial charge in [-0.15, -0.1) is 0 Å². The van der Waals surface area contributed by atoms with E-state index in [0.29, 0.717) is 5.89 Å². The predicted molar refractivity (Wildman–Crippen MR) is 221 cm³/mol. The second-order valence-electron chi connectivity index (χ2n) is 14.3. The summed E-state index contributed by atoms with van der Waals surface area (Å²) in [6, 6.07) is 48.3. The second-order valence-corrected chi connectivity index (χ2v) is 14.3. The van der Waals surface area contributed by atoms with Crippen molar-refractivity contribution in [3.8, 4) is 28.3 Å². The molecule has 2 aromatic heterocycles. The molecule has 1 N–H and O–H groups in total. The fourth-order valence-electron chi connectivity index (χ4n) is 8.40. The van der Waals surface area contributed by atoms with E-state index in [0.717, 1.165) is 47.4 Å². The van der Waals surface area contributed by atoms with Crippen LogP contribution in [0.25, 0.3) is 71.9 Å². The van der Waals surface area contributed by atoms with Gasteiger partial charge in [0.25, 0.3) is 0 Å². The Bertz CT molecular complexity index is 2810. The van der Waals surface area contributed by atoms with E-state index in [-0.39, 0.29) is 0 Å². The van der Waals surface area contributed by atoms with Crippen LogP contribution in [0.1, 0.15) is 37.3 Å². The van der Waals surface area contributed by atoms with Crippen molar-refractivity contribution < 1.29 is 4.42 Å². The van der Waals surface area contributed by atoms with Gasteiger partial charge in [-0.25, -0.2) is 4.98 Å². The van der Waals surface area contributed by atoms with Crippen LogP contribution in [0.3, 0.4) is 0 Å². The first-order chi connectivity index (χ1) is 25.6. The van der Waals surface area contributed by atoms with Crippen LogP contribution in [0.4, 0.5) is 11.4 Å². The number of hydrogen-bond acceptors (Lipinski definition) is 3. The van der Waals surface area contributed by atoms with E-state index in [4.69, 9.17) is 9.40 Å². The first kappa shape index (κ1) is 30.7. The van der Waals surface area contributed by atoms with Crippen molar-refractivity contribution >= 4 is 73.3 Å². The molecule has 1 aliphatic heterocycles. The molecule has 0 atom stereocenters. The van der Waals surface area contributed by atoms with E-state index in [1.165, 1.54) is 85.0 Å². The van der Waals surface area contributed by atoms with Crippen molar-refractivity contribution in [3.05, 3.63) is 145 Å². The number of rotatable bonds is 8. The highest BCUT2D eigenvalue weighted by Crippen LogP contribution is 2.41. The number of para-hydroxylation sites is 1. The Morgan fingerprint density at radius 3 is 2.35 bits per heavy atom. The van der Waals surface area contributed by atoms with Crippen LogP contribution in [0, 0.1) is 6.92 Å². The monoisotopic (exact) mass is 671 g/mol. The lowest BCUT2D eigenvalue weighted by atomic mass is 9.58. The van der Waals surface area contributed by atoms with E-state index < -0.39 is 0 Å². The summed E-state index contributed by atoms with van der Waals surface area (Å²) in [6.07, 6.45) is 4.89. The van der Waals surface area contributed by atoms with Crippen molar-refractivity contribution in [3.63, 3.8) is 0 Å². The summed E-state index contributed by atoms with van der Waals surface area (Å²) < 4.78 is 8.95. The molecule has 250 valence electrons. The number of anilines is 2. The molecular formula is C47H38BN3O. The van der Waals surface area contributed by atoms with Crippen LogP contribution < -0.4 is 16.2 Å². The van der Waals surface area contributed by atoms with Crippen LogP contribution in [0.2, 0.25) is 0 Å². The molecule has 4 nitrogen and oxygen atoms in total. The Morgan fingerprint density at radius 1 is 0.750 bits per heavy atom. The molecule has 5 heteroatoms. The molecule has 0 amide bonds. The van der Waals surface area contributed by atoms with Crippen LogP contribution in [-0.2, 0) is 6.42 Å². The SMILES string of the molecule is CCCCCc1ccc(Nc2ccccc2-c2cc(C)c3c4cc5ccccc5cc4n4c3c2Bc2cc3nc(-c5ccccc5)oc3cc2-4)cc1. The molecule has 0 fully saturated rings. The van der Waals surface area contributed by atoms with Gasteiger partial charge in [-0.05, 0) is 101 Å². The third-order valence-corrected chi connectivity index (χ3v) is 10.9. The van der Waals surface area contributed by atoms with E-state index in [1.54, 1.807) is 0 Å². The molecular weight excluding hydrogens is 633 g/mol. The van der Waals surface area contributed by atoms with Gasteiger partial charge in [0.05, 0.1) is 5.52 Å². The summed E-state index contributed by atoms with van der Waals surface area (Å²) >= 11 is 0. The Kier molecular flexibility index (Phi) is 7.28. The van der Waals surface area contributed by atoms with Gasteiger partial charge >= 0.3 is 0 Å². The number of benzene rings is 7. The molecule has 9 aromatic rings. The number of aromatic nitrogens is 2. The molecule has 0 unspecified atom stereocenters. The summed E-state index contributed by atoms with van der Waals surface area (Å²) in [5, 5.41) is 8.88. The zero-order valence-electron chi connectivity index (χ0n) is 29.5. The second kappa shape index (κ2) is 12.3. The Labute approximate surface area is 304 Å². The van der Waals surface area contributed by atoms with Gasteiger partial charge in [-0.2, -0.15) is 0 Å². The highest BCUT2D eigenvalue weighted by Gasteiger charge is 2.29. The van der Waals surface area contributed by atoms with E-state index in [2.05, 4.69) is 139 Å². The molecule has 0 saturated heterocycles. The van der Waals surface area contributed by atoms with Gasteiger partial charge < -0.3 is 14.3 Å². The van der Waals surface area contributed by atoms with Crippen molar-refractivity contribution in [1.82, 2.24) is 9.55 Å². The van der Waals surface area contributed by atoms with Crippen molar-refractivity contribution in [2.24, 2.45) is 0 Å². The van der Waals surface area contributed by atoms with Crippen molar-refractivity contribution in [1.29, 1.82) is 0 Å². The number of unbranched alkanes of at least 4 members (excludes halogenated alkanes) is 2. The number of oxazole rings is 1. The molecule has 0 bridgehead atoms. The molecule has 0 spiro atoms. The van der Waals surface area contributed by atoms with Gasteiger partial charge in [-0.1, -0.05) is 104 Å². The van der Waals surface area contributed by atoms with Crippen molar-refractivity contribution in [2.45, 2.75) is 39.5 Å². The summed E-state index contributed by atoms with van der Waals surface area (Å²) in [5.41, 5.74) is 16.2. The third kappa shape index (κ3) is 5.03. The van der Waals surface area contributed by atoms with Gasteiger partial charge in [0, 0.05) is 50.5 Å². The third-order valence-electron chi connectivity index (χ3n) is 10.9. The van der Waals surface area contributed by atoms with E-state index in [1.807, 2.05) is 18.2 Å². The predicted octanol–water partition coefficient (Wildman–Crippen LogP) is 10.9. The minimum atomic E-state index is 0.648. The fourth-order valence-corrected chi connectivity index (χ4v) is 8.40. The van der Waals surface area contributed by atoms with Crippen LogP contribution in [0.5, 0.6) is 0 Å². The lowest BCUT2D eigenvalue weighted by molar-refractivity contribution is 0.619. The standard InChI is InChI=1S/C47H38BN3O/c1-3-4-6-13-30-20-22-34(23-21-30)49-39-19-12-11-18-35(39)36-24-29(2)44-37-25-32-16-9-10-17-33(32)26-41(37)51-42-28-43-40(27-38(42)48-45(36)46(44)51)50-47(52-43)31-14-7-5-8-15-31/h5,7-12,14-28,48-49H,3-4,6,13H2,1-2H3. The van der Waals surface area contributed by atoms with E-state index >= 15 is 0 Å². The van der Waals surface area contributed by atoms with Gasteiger partial charge in [0.15, 0.2) is 12.9 Å². The molecule has 7 aromatic carbocycles. The quantitative estimate of drug-likeness (QED) is 0.129. The normalized spacial score (nSPS) is 12.1. The Morgan fingerprint density at radius 2 is 1.52 bits per heavy atom. The van der Waals surface area contributed by atoms with Gasteiger partial charge in [-0.3, -0.25) is 0 Å². The maximum Gasteiger partial charge on any atom is 0.227 e. The topological polar surface area (TPSA) is 43.0 Å². The molecule has 1 aliphatic rings. The molecule has 52 heavy (non-hydrogen) atoms. The largest absolute Gasteiger partial charge is 0.436 e. The summed E-state index contributed by atoms with van der Waals surface area (Å²) in [4.78, 5) is 4.98. The van der Waals surface area contributed by atoms with Gasteiger partial charge in [0.2, 0.25) is 5.89 Å². The lowest BCUT2D eigenvalue weighted by Gasteiger charge is -2.24. The summed E-state index contributed by atoms with van der Waals surface area (Å²) in [7, 11) is 0.793. The average molecular weight is 672 g/mol. The van der Waals surface area contributed by atoms with Gasteiger partial charge in [0.1, 0.15) is 5.52 Å².